The highest BCUT2D eigenvalue weighted by Gasteiger charge is 2.24. The summed E-state index contributed by atoms with van der Waals surface area (Å²) in [6, 6.07) is 6.08. The number of piperazine rings is 1. The van der Waals surface area contributed by atoms with Gasteiger partial charge in [0.2, 0.25) is 0 Å². The fourth-order valence-corrected chi connectivity index (χ4v) is 2.77. The fourth-order valence-electron chi connectivity index (χ4n) is 2.46. The highest BCUT2D eigenvalue weighted by atomic mass is 35.5. The van der Waals surface area contributed by atoms with Crippen LogP contribution in [0.25, 0.3) is 0 Å². The number of anilines is 1. The third kappa shape index (κ3) is 2.68. The molecule has 0 aromatic heterocycles. The maximum atomic E-state index is 10.7. The maximum Gasteiger partial charge on any atom is 0.150 e. The van der Waals surface area contributed by atoms with Gasteiger partial charge in [0, 0.05) is 31.2 Å². The smallest absolute Gasteiger partial charge is 0.150 e. The molecule has 1 unspecified atom stereocenters. The Labute approximate surface area is 113 Å². The van der Waals surface area contributed by atoms with Crippen LogP contribution in [-0.2, 0) is 0 Å². The van der Waals surface area contributed by atoms with Crippen LogP contribution in [-0.4, -0.2) is 43.9 Å². The Morgan fingerprint density at radius 2 is 2.22 bits per heavy atom. The quantitative estimate of drug-likeness (QED) is 0.786. The van der Waals surface area contributed by atoms with E-state index in [2.05, 4.69) is 23.8 Å². The molecule has 0 radical (unpaired) electrons. The Bertz CT molecular complexity index is 436. The molecule has 3 nitrogen and oxygen atoms in total. The monoisotopic (exact) mass is 266 g/mol. The van der Waals surface area contributed by atoms with Crippen molar-refractivity contribution in [2.75, 3.05) is 31.6 Å². The summed E-state index contributed by atoms with van der Waals surface area (Å²) in [6.45, 7) is 5.23. The number of carbonyl (C=O) groups is 1. The summed E-state index contributed by atoms with van der Waals surface area (Å²) >= 11 is 6.25. The van der Waals surface area contributed by atoms with Crippen molar-refractivity contribution in [2.24, 2.45) is 0 Å². The van der Waals surface area contributed by atoms with Crippen molar-refractivity contribution in [3.05, 3.63) is 28.8 Å². The number of likely N-dealkylation sites (N-methyl/N-ethyl adjacent to an activating group) is 1. The molecule has 0 saturated carbocycles. The number of nitrogens with zero attached hydrogens (tertiary/aromatic N) is 2. The topological polar surface area (TPSA) is 23.6 Å². The lowest BCUT2D eigenvalue weighted by Gasteiger charge is -2.40. The van der Waals surface area contributed by atoms with Gasteiger partial charge in [-0.2, -0.15) is 0 Å². The van der Waals surface area contributed by atoms with Crippen molar-refractivity contribution in [3.63, 3.8) is 0 Å². The Morgan fingerprint density at radius 1 is 1.44 bits per heavy atom. The van der Waals surface area contributed by atoms with E-state index in [9.17, 15) is 4.79 Å². The normalized spacial score (nSPS) is 21.1. The van der Waals surface area contributed by atoms with E-state index in [1.54, 1.807) is 6.07 Å². The molecule has 0 aliphatic carbocycles. The molecule has 0 amide bonds. The van der Waals surface area contributed by atoms with E-state index in [0.29, 0.717) is 16.6 Å². The molecule has 0 N–H and O–H groups in total. The summed E-state index contributed by atoms with van der Waals surface area (Å²) in [5.41, 5.74) is 1.67. The minimum atomic E-state index is 0.570. The molecular weight excluding hydrogens is 248 g/mol. The van der Waals surface area contributed by atoms with E-state index in [-0.39, 0.29) is 0 Å². The number of hydrogen-bond donors (Lipinski definition) is 0. The number of benzene rings is 1. The van der Waals surface area contributed by atoms with Crippen LogP contribution in [0.1, 0.15) is 23.7 Å². The molecule has 1 aromatic rings. The molecule has 1 aliphatic rings. The highest BCUT2D eigenvalue weighted by Crippen LogP contribution is 2.28. The molecule has 4 heteroatoms. The second kappa shape index (κ2) is 5.72. The SMILES string of the molecule is CCC1CN(c2ccc(C=O)cc2Cl)CCN1C. The van der Waals surface area contributed by atoms with Crippen LogP contribution in [0.15, 0.2) is 18.2 Å². The third-order valence-corrected chi connectivity index (χ3v) is 4.00. The summed E-state index contributed by atoms with van der Waals surface area (Å²) in [6.07, 6.45) is 1.96. The average Bonchev–Trinajstić information content (AvgIpc) is 2.39. The Hall–Kier alpha value is -1.06. The van der Waals surface area contributed by atoms with Crippen molar-refractivity contribution in [1.29, 1.82) is 0 Å². The molecule has 2 rings (SSSR count). The van der Waals surface area contributed by atoms with Crippen LogP contribution in [0.4, 0.5) is 5.69 Å². The Kier molecular flexibility index (Phi) is 4.25. The van der Waals surface area contributed by atoms with Gasteiger partial charge in [-0.25, -0.2) is 0 Å². The molecule has 98 valence electrons. The van der Waals surface area contributed by atoms with Crippen molar-refractivity contribution < 1.29 is 4.79 Å². The number of aldehydes is 1. The lowest BCUT2D eigenvalue weighted by atomic mass is 10.1. The number of rotatable bonds is 3. The largest absolute Gasteiger partial charge is 0.367 e. The first-order chi connectivity index (χ1) is 8.65. The summed E-state index contributed by atoms with van der Waals surface area (Å²) < 4.78 is 0. The molecular formula is C14H19ClN2O. The van der Waals surface area contributed by atoms with E-state index < -0.39 is 0 Å². The molecule has 18 heavy (non-hydrogen) atoms. The first-order valence-electron chi connectivity index (χ1n) is 6.35. The van der Waals surface area contributed by atoms with Gasteiger partial charge in [0.15, 0.2) is 0 Å². The van der Waals surface area contributed by atoms with Crippen molar-refractivity contribution in [3.8, 4) is 0 Å². The molecule has 1 aliphatic heterocycles. The van der Waals surface area contributed by atoms with Crippen LogP contribution in [0.3, 0.4) is 0 Å². The number of hydrogen-bond acceptors (Lipinski definition) is 3. The van der Waals surface area contributed by atoms with Gasteiger partial charge in [-0.3, -0.25) is 9.69 Å². The fraction of sp³-hybridized carbons (Fsp3) is 0.500. The van der Waals surface area contributed by atoms with Gasteiger partial charge >= 0.3 is 0 Å². The van der Waals surface area contributed by atoms with Crippen LogP contribution in [0.5, 0.6) is 0 Å². The van der Waals surface area contributed by atoms with E-state index in [4.69, 9.17) is 11.6 Å². The molecule has 1 aromatic carbocycles. The van der Waals surface area contributed by atoms with Gasteiger partial charge in [0.1, 0.15) is 6.29 Å². The number of carbonyl (C=O) groups excluding carboxylic acids is 1. The van der Waals surface area contributed by atoms with Gasteiger partial charge in [0.05, 0.1) is 10.7 Å². The summed E-state index contributed by atoms with van der Waals surface area (Å²) in [5, 5.41) is 0.666. The average molecular weight is 267 g/mol. The summed E-state index contributed by atoms with van der Waals surface area (Å²) in [5.74, 6) is 0. The van der Waals surface area contributed by atoms with E-state index in [0.717, 1.165) is 38.0 Å². The highest BCUT2D eigenvalue weighted by molar-refractivity contribution is 6.33. The molecule has 1 atom stereocenters. The molecule has 0 spiro atoms. The molecule has 1 fully saturated rings. The second-order valence-corrected chi connectivity index (χ2v) is 5.22. The van der Waals surface area contributed by atoms with E-state index >= 15 is 0 Å². The Balaban J connectivity index is 2.19. The first-order valence-corrected chi connectivity index (χ1v) is 6.73. The second-order valence-electron chi connectivity index (χ2n) is 4.82. The predicted molar refractivity (Wildman–Crippen MR) is 75.8 cm³/mol. The lowest BCUT2D eigenvalue weighted by Crippen LogP contribution is -2.51. The standard InChI is InChI=1S/C14H19ClN2O/c1-3-12-9-17(7-6-16(12)2)14-5-4-11(10-18)8-13(14)15/h4-5,8,10,12H,3,6-7,9H2,1-2H3. The zero-order valence-electron chi connectivity index (χ0n) is 10.9. The van der Waals surface area contributed by atoms with Crippen LogP contribution < -0.4 is 4.90 Å². The molecule has 0 bridgehead atoms. The van der Waals surface area contributed by atoms with Gasteiger partial charge in [-0.05, 0) is 31.7 Å². The predicted octanol–water partition coefficient (Wildman–Crippen LogP) is 2.68. The maximum absolute atomic E-state index is 10.7. The minimum absolute atomic E-state index is 0.570. The molecule has 1 heterocycles. The van der Waals surface area contributed by atoms with Crippen LogP contribution in [0.2, 0.25) is 5.02 Å². The third-order valence-electron chi connectivity index (χ3n) is 3.70. The van der Waals surface area contributed by atoms with E-state index in [1.165, 1.54) is 0 Å². The molecule has 1 saturated heterocycles. The number of halogens is 1. The van der Waals surface area contributed by atoms with Crippen molar-refractivity contribution in [1.82, 2.24) is 4.90 Å². The van der Waals surface area contributed by atoms with Gasteiger partial charge < -0.3 is 4.90 Å². The van der Waals surface area contributed by atoms with Gasteiger partial charge in [-0.15, -0.1) is 0 Å². The summed E-state index contributed by atoms with van der Waals surface area (Å²) in [7, 11) is 2.17. The zero-order valence-corrected chi connectivity index (χ0v) is 11.7. The Morgan fingerprint density at radius 3 is 2.83 bits per heavy atom. The van der Waals surface area contributed by atoms with Crippen LogP contribution in [0, 0.1) is 0 Å². The first kappa shape index (κ1) is 13.4. The lowest BCUT2D eigenvalue weighted by molar-refractivity contribution is 0.112. The van der Waals surface area contributed by atoms with Crippen molar-refractivity contribution in [2.45, 2.75) is 19.4 Å². The zero-order chi connectivity index (χ0) is 13.1. The van der Waals surface area contributed by atoms with Crippen molar-refractivity contribution >= 4 is 23.6 Å². The van der Waals surface area contributed by atoms with E-state index in [1.807, 2.05) is 12.1 Å². The minimum Gasteiger partial charge on any atom is -0.367 e. The van der Waals surface area contributed by atoms with Gasteiger partial charge in [-0.1, -0.05) is 18.5 Å². The van der Waals surface area contributed by atoms with Gasteiger partial charge in [0.25, 0.3) is 0 Å². The van der Waals surface area contributed by atoms with Crippen LogP contribution >= 0.6 is 11.6 Å². The summed E-state index contributed by atoms with van der Waals surface area (Å²) in [4.78, 5) is 15.4.